The van der Waals surface area contributed by atoms with Crippen LogP contribution in [0.1, 0.15) is 49.9 Å². The summed E-state index contributed by atoms with van der Waals surface area (Å²) in [5, 5.41) is 11.8. The summed E-state index contributed by atoms with van der Waals surface area (Å²) in [6.45, 7) is 11.7. The van der Waals surface area contributed by atoms with E-state index in [1.165, 1.54) is 15.8 Å². The first-order valence-corrected chi connectivity index (χ1v) is 16.3. The summed E-state index contributed by atoms with van der Waals surface area (Å²) in [5.74, 6) is -0.752. The van der Waals surface area contributed by atoms with E-state index in [1.54, 1.807) is 11.8 Å². The highest BCUT2D eigenvalue weighted by Gasteiger charge is 2.35. The van der Waals surface area contributed by atoms with Crippen LogP contribution in [0.4, 0.5) is 15.9 Å². The van der Waals surface area contributed by atoms with Gasteiger partial charge in [-0.05, 0) is 45.6 Å². The number of anilines is 2. The minimum Gasteiger partial charge on any atom is -0.452 e. The van der Waals surface area contributed by atoms with Gasteiger partial charge in [-0.25, -0.2) is 4.39 Å². The zero-order valence-corrected chi connectivity index (χ0v) is 26.8. The van der Waals surface area contributed by atoms with E-state index in [-0.39, 0.29) is 19.0 Å². The van der Waals surface area contributed by atoms with Crippen molar-refractivity contribution in [2.75, 3.05) is 41.9 Å². The summed E-state index contributed by atoms with van der Waals surface area (Å²) in [7, 11) is 0. The molecule has 10 nitrogen and oxygen atoms in total. The number of fused-ring (bicyclic) bond motifs is 2. The Morgan fingerprint density at radius 2 is 2.02 bits per heavy atom. The molecule has 2 aromatic heterocycles. The Kier molecular flexibility index (Phi) is 8.84. The molecule has 0 unspecified atom stereocenters. The van der Waals surface area contributed by atoms with Crippen LogP contribution >= 0.6 is 11.8 Å². The third-order valence-corrected chi connectivity index (χ3v) is 9.53. The molecule has 45 heavy (non-hydrogen) atoms. The molecule has 1 saturated carbocycles. The predicted octanol–water partition coefficient (Wildman–Crippen LogP) is 5.29. The second kappa shape index (κ2) is 12.8. The third kappa shape index (κ3) is 6.84. The second-order valence-electron chi connectivity index (χ2n) is 12.2. The molecule has 4 heterocycles. The van der Waals surface area contributed by atoms with E-state index in [4.69, 9.17) is 19.4 Å². The number of rotatable bonds is 10. The van der Waals surface area contributed by atoms with Crippen molar-refractivity contribution in [3.63, 3.8) is 0 Å². The SMILES string of the molecule is C=C(F)C(=O)N1CCN(c2nc(OCSC(C)(C)OC3CC3)nc3c2CCN(c2cncc4cccc(C)c24)C3)C[C@@H]1CC#N. The fraction of sp³-hybridized carbons (Fsp3) is 0.485. The van der Waals surface area contributed by atoms with Gasteiger partial charge < -0.3 is 24.2 Å². The summed E-state index contributed by atoms with van der Waals surface area (Å²) in [4.78, 5) is 32.2. The highest BCUT2D eigenvalue weighted by molar-refractivity contribution is 8.00. The molecular weight excluding hydrogens is 593 g/mol. The Balaban J connectivity index is 1.30. The van der Waals surface area contributed by atoms with Crippen LogP contribution in [0, 0.1) is 18.3 Å². The summed E-state index contributed by atoms with van der Waals surface area (Å²) in [6.07, 6.45) is 7.07. The fourth-order valence-electron chi connectivity index (χ4n) is 6.16. The normalized spacial score (nSPS) is 18.5. The lowest BCUT2D eigenvalue weighted by molar-refractivity contribution is -0.131. The molecule has 2 fully saturated rings. The number of hydrogen-bond donors (Lipinski definition) is 0. The molecule has 1 saturated heterocycles. The summed E-state index contributed by atoms with van der Waals surface area (Å²) < 4.78 is 26.1. The van der Waals surface area contributed by atoms with Crippen molar-refractivity contribution in [1.82, 2.24) is 19.9 Å². The van der Waals surface area contributed by atoms with Gasteiger partial charge in [-0.1, -0.05) is 36.5 Å². The lowest BCUT2D eigenvalue weighted by Crippen LogP contribution is -2.55. The molecule has 1 aromatic carbocycles. The number of thioether (sulfide) groups is 1. The van der Waals surface area contributed by atoms with E-state index in [1.807, 2.05) is 32.3 Å². The smallest absolute Gasteiger partial charge is 0.319 e. The number of nitrogens with zero attached hydrogens (tertiary/aromatic N) is 7. The van der Waals surface area contributed by atoms with E-state index < -0.39 is 22.7 Å². The van der Waals surface area contributed by atoms with Gasteiger partial charge in [0.1, 0.15) is 16.7 Å². The fourth-order valence-corrected chi connectivity index (χ4v) is 6.81. The van der Waals surface area contributed by atoms with Crippen molar-refractivity contribution in [1.29, 1.82) is 5.26 Å². The Morgan fingerprint density at radius 3 is 2.78 bits per heavy atom. The summed E-state index contributed by atoms with van der Waals surface area (Å²) in [5.41, 5.74) is 4.11. The maximum absolute atomic E-state index is 13.8. The molecule has 0 bridgehead atoms. The van der Waals surface area contributed by atoms with E-state index in [0.29, 0.717) is 38.1 Å². The van der Waals surface area contributed by atoms with Crippen molar-refractivity contribution in [3.8, 4) is 12.1 Å². The van der Waals surface area contributed by atoms with Gasteiger partial charge in [-0.3, -0.25) is 9.78 Å². The number of aromatic nitrogens is 3. The van der Waals surface area contributed by atoms with Crippen molar-refractivity contribution < 1.29 is 18.7 Å². The largest absolute Gasteiger partial charge is 0.452 e. The van der Waals surface area contributed by atoms with Gasteiger partial charge in [0.2, 0.25) is 0 Å². The monoisotopic (exact) mass is 631 g/mol. The highest BCUT2D eigenvalue weighted by Crippen LogP contribution is 2.37. The van der Waals surface area contributed by atoms with Crippen molar-refractivity contribution in [3.05, 3.63) is 59.8 Å². The molecule has 3 aromatic rings. The molecule has 3 aliphatic rings. The number of pyridine rings is 1. The van der Waals surface area contributed by atoms with E-state index in [2.05, 4.69) is 46.5 Å². The minimum atomic E-state index is -1.02. The maximum atomic E-state index is 13.8. The summed E-state index contributed by atoms with van der Waals surface area (Å²) in [6, 6.07) is 8.15. The molecule has 6 rings (SSSR count). The van der Waals surface area contributed by atoms with Crippen LogP contribution in [-0.2, 0) is 22.5 Å². The summed E-state index contributed by atoms with van der Waals surface area (Å²) >= 11 is 1.55. The average molecular weight is 632 g/mol. The van der Waals surface area contributed by atoms with Crippen LogP contribution < -0.4 is 14.5 Å². The number of halogens is 1. The number of carbonyl (C=O) groups excluding carboxylic acids is 1. The molecule has 0 spiro atoms. The number of hydrogen-bond acceptors (Lipinski definition) is 10. The van der Waals surface area contributed by atoms with Crippen LogP contribution in [0.2, 0.25) is 0 Å². The lowest BCUT2D eigenvalue weighted by atomic mass is 10.0. The van der Waals surface area contributed by atoms with Crippen LogP contribution in [0.3, 0.4) is 0 Å². The van der Waals surface area contributed by atoms with Crippen molar-refractivity contribution in [2.45, 2.75) is 70.1 Å². The van der Waals surface area contributed by atoms with Crippen molar-refractivity contribution >= 4 is 39.9 Å². The Morgan fingerprint density at radius 1 is 1.20 bits per heavy atom. The van der Waals surface area contributed by atoms with Crippen LogP contribution in [0.5, 0.6) is 6.01 Å². The topological polar surface area (TPSA) is 108 Å². The van der Waals surface area contributed by atoms with E-state index >= 15 is 0 Å². The number of ether oxygens (including phenoxy) is 2. The molecule has 0 radical (unpaired) electrons. The molecule has 1 aliphatic carbocycles. The number of carbonyl (C=O) groups is 1. The van der Waals surface area contributed by atoms with Crippen LogP contribution in [0.25, 0.3) is 10.8 Å². The minimum absolute atomic E-state index is 0.0695. The van der Waals surface area contributed by atoms with Gasteiger partial charge in [0.05, 0.1) is 48.8 Å². The molecule has 2 aliphatic heterocycles. The quantitative estimate of drug-likeness (QED) is 0.216. The third-order valence-electron chi connectivity index (χ3n) is 8.51. The van der Waals surface area contributed by atoms with Gasteiger partial charge in [-0.2, -0.15) is 15.2 Å². The lowest BCUT2D eigenvalue weighted by Gasteiger charge is -2.42. The van der Waals surface area contributed by atoms with Gasteiger partial charge in [0.25, 0.3) is 5.91 Å². The highest BCUT2D eigenvalue weighted by atomic mass is 32.2. The molecule has 12 heteroatoms. The molecule has 0 N–H and O–H groups in total. The first-order valence-electron chi connectivity index (χ1n) is 15.3. The van der Waals surface area contributed by atoms with E-state index in [9.17, 15) is 14.4 Å². The number of piperazine rings is 1. The van der Waals surface area contributed by atoms with Gasteiger partial charge >= 0.3 is 6.01 Å². The number of aryl methyl sites for hydroxylation is 1. The zero-order chi connectivity index (χ0) is 31.7. The molecule has 1 amide bonds. The maximum Gasteiger partial charge on any atom is 0.319 e. The molecular formula is C33H38FN7O3S. The van der Waals surface area contributed by atoms with Gasteiger partial charge in [0, 0.05) is 48.7 Å². The molecule has 236 valence electrons. The standard InChI is InChI=1S/C33H38FN7O3S/c1-21-6-5-7-23-16-36-17-28(29(21)23)39-13-11-26-27(19-39)37-32(43-20-45-33(3,4)44-25-8-9-25)38-30(26)40-14-15-41(31(42)22(2)34)24(18-40)10-12-35/h5-7,16-17,24-25H,2,8-11,13-15,18-20H2,1,3-4H3/t24-/m0/s1. The predicted molar refractivity (Wildman–Crippen MR) is 173 cm³/mol. The van der Waals surface area contributed by atoms with E-state index in [0.717, 1.165) is 47.5 Å². The number of nitriles is 1. The first kappa shape index (κ1) is 31.0. The second-order valence-corrected chi connectivity index (χ2v) is 13.8. The average Bonchev–Trinajstić information content (AvgIpc) is 3.83. The first-order chi connectivity index (χ1) is 21.6. The van der Waals surface area contributed by atoms with Crippen LogP contribution in [-0.4, -0.2) is 75.0 Å². The van der Waals surface area contributed by atoms with Gasteiger partial charge in [-0.15, -0.1) is 0 Å². The Bertz CT molecular complexity index is 1650. The Hall–Kier alpha value is -3.95. The number of benzene rings is 1. The zero-order valence-electron chi connectivity index (χ0n) is 26.0. The Labute approximate surface area is 267 Å². The van der Waals surface area contributed by atoms with Crippen molar-refractivity contribution in [2.24, 2.45) is 0 Å². The van der Waals surface area contributed by atoms with Crippen LogP contribution in [0.15, 0.2) is 43.0 Å². The molecule has 1 atom stereocenters. The number of amides is 1. The van der Waals surface area contributed by atoms with Gasteiger partial charge in [0.15, 0.2) is 5.83 Å².